The number of amides is 1. The lowest BCUT2D eigenvalue weighted by Gasteiger charge is -2.08. The smallest absolute Gasteiger partial charge is 0.293 e. The second-order valence-corrected chi connectivity index (χ2v) is 5.88. The maximum absolute atomic E-state index is 12.5. The van der Waals surface area contributed by atoms with Crippen LogP contribution in [0.4, 0.5) is 11.5 Å². The topological polar surface area (TPSA) is 180 Å². The van der Waals surface area contributed by atoms with Crippen LogP contribution in [0.25, 0.3) is 5.82 Å². The number of rotatable bonds is 6. The molecule has 0 atom stereocenters. The van der Waals surface area contributed by atoms with E-state index in [4.69, 9.17) is 5.73 Å². The maximum atomic E-state index is 12.5. The second-order valence-electron chi connectivity index (χ2n) is 5.88. The summed E-state index contributed by atoms with van der Waals surface area (Å²) in [5.41, 5.74) is 8.48. The first-order valence-corrected chi connectivity index (χ1v) is 8.01. The Kier molecular flexibility index (Phi) is 5.06. The Morgan fingerprint density at radius 1 is 1.39 bits per heavy atom. The van der Waals surface area contributed by atoms with Crippen LogP contribution >= 0.6 is 0 Å². The Morgan fingerprint density at radius 3 is 2.79 bits per heavy atom. The number of nitrogens with zero attached hydrogens (tertiary/aromatic N) is 7. The molecule has 1 amide bonds. The molecule has 0 saturated carbocycles. The van der Waals surface area contributed by atoms with Gasteiger partial charge in [0, 0.05) is 6.07 Å². The molecule has 13 heteroatoms. The monoisotopic (exact) mass is 385 g/mol. The van der Waals surface area contributed by atoms with Gasteiger partial charge in [-0.3, -0.25) is 14.9 Å². The summed E-state index contributed by atoms with van der Waals surface area (Å²) in [5.74, 6) is -0.724. The van der Waals surface area contributed by atoms with E-state index in [1.165, 1.54) is 29.1 Å². The summed E-state index contributed by atoms with van der Waals surface area (Å²) < 4.78 is 5.82. The molecular formula is C15H15N9O4. The molecule has 3 rings (SSSR count). The van der Waals surface area contributed by atoms with Gasteiger partial charge in [0.15, 0.2) is 5.69 Å². The van der Waals surface area contributed by atoms with Crippen molar-refractivity contribution >= 4 is 23.6 Å². The van der Waals surface area contributed by atoms with E-state index in [1.54, 1.807) is 6.07 Å². The largest absolute Gasteiger partial charge is 0.378 e. The lowest BCUT2D eigenvalue weighted by atomic mass is 10.1. The number of carbonyl (C=O) groups excluding carboxylic acids is 1. The van der Waals surface area contributed by atoms with Gasteiger partial charge >= 0.3 is 0 Å². The van der Waals surface area contributed by atoms with E-state index in [-0.39, 0.29) is 34.5 Å². The quantitative estimate of drug-likeness (QED) is 0.356. The van der Waals surface area contributed by atoms with Crippen molar-refractivity contribution in [2.45, 2.75) is 19.8 Å². The Hall–Kier alpha value is -4.16. The standard InChI is InChI=1S/C15H15N9O4/c1-8(2)12-11(18-22-23(12)14-13(16)20-28-21-14)15(25)19-17-7-9-5-3-4-6-10(9)24(26)27/h3-8H,1-2H3,(H2,16,20)(H,19,25)/b17-7+. The van der Waals surface area contributed by atoms with Crippen LogP contribution in [0.1, 0.15) is 41.5 Å². The molecule has 3 aromatic rings. The number of nitrogens with two attached hydrogens (primary N) is 1. The highest BCUT2D eigenvalue weighted by molar-refractivity contribution is 5.94. The first-order valence-electron chi connectivity index (χ1n) is 8.01. The van der Waals surface area contributed by atoms with Crippen molar-refractivity contribution in [2.75, 3.05) is 5.73 Å². The number of anilines is 1. The molecular weight excluding hydrogens is 370 g/mol. The van der Waals surface area contributed by atoms with Gasteiger partial charge < -0.3 is 5.73 Å². The van der Waals surface area contributed by atoms with Gasteiger partial charge in [-0.15, -0.1) is 5.10 Å². The number of hydrogen-bond acceptors (Lipinski definition) is 10. The van der Waals surface area contributed by atoms with Gasteiger partial charge in [0.05, 0.1) is 22.4 Å². The molecule has 0 saturated heterocycles. The van der Waals surface area contributed by atoms with Crippen LogP contribution in [0.15, 0.2) is 34.0 Å². The molecule has 0 aliphatic heterocycles. The zero-order valence-corrected chi connectivity index (χ0v) is 14.8. The van der Waals surface area contributed by atoms with Gasteiger partial charge in [-0.1, -0.05) is 31.2 Å². The molecule has 1 aromatic carbocycles. The van der Waals surface area contributed by atoms with E-state index in [0.717, 1.165) is 0 Å². The Labute approximate surface area is 157 Å². The van der Waals surface area contributed by atoms with E-state index in [2.05, 4.69) is 35.8 Å². The molecule has 0 fully saturated rings. The molecule has 28 heavy (non-hydrogen) atoms. The van der Waals surface area contributed by atoms with Gasteiger partial charge in [0.1, 0.15) is 0 Å². The third-order valence-electron chi connectivity index (χ3n) is 3.67. The number of carbonyl (C=O) groups is 1. The van der Waals surface area contributed by atoms with Crippen LogP contribution in [0.2, 0.25) is 0 Å². The maximum Gasteiger partial charge on any atom is 0.293 e. The second kappa shape index (κ2) is 7.61. The number of hydrogen-bond donors (Lipinski definition) is 2. The summed E-state index contributed by atoms with van der Waals surface area (Å²) in [6.45, 7) is 3.65. The lowest BCUT2D eigenvalue weighted by Crippen LogP contribution is -2.21. The highest BCUT2D eigenvalue weighted by Gasteiger charge is 2.25. The number of para-hydroxylation sites is 1. The summed E-state index contributed by atoms with van der Waals surface area (Å²) in [4.78, 5) is 23.0. The molecule has 144 valence electrons. The Balaban J connectivity index is 1.85. The normalized spacial score (nSPS) is 11.2. The minimum Gasteiger partial charge on any atom is -0.378 e. The molecule has 0 unspecified atom stereocenters. The van der Waals surface area contributed by atoms with Gasteiger partial charge in [0.25, 0.3) is 11.6 Å². The highest BCUT2D eigenvalue weighted by atomic mass is 16.6. The van der Waals surface area contributed by atoms with Crippen molar-refractivity contribution in [1.82, 2.24) is 30.7 Å². The number of nitrogens with one attached hydrogen (secondary N) is 1. The number of nitro benzene ring substituents is 1. The molecule has 2 heterocycles. The molecule has 3 N–H and O–H groups in total. The van der Waals surface area contributed by atoms with Gasteiger partial charge in [-0.25, -0.2) is 10.1 Å². The van der Waals surface area contributed by atoms with Crippen LogP contribution in [0.5, 0.6) is 0 Å². The van der Waals surface area contributed by atoms with E-state index >= 15 is 0 Å². The average Bonchev–Trinajstić information content (AvgIpc) is 3.27. The zero-order valence-electron chi connectivity index (χ0n) is 14.8. The number of aromatic nitrogens is 5. The molecule has 0 spiro atoms. The zero-order chi connectivity index (χ0) is 20.3. The van der Waals surface area contributed by atoms with Crippen molar-refractivity contribution in [1.29, 1.82) is 0 Å². The summed E-state index contributed by atoms with van der Waals surface area (Å²) in [6.07, 6.45) is 1.18. The molecule has 2 aromatic heterocycles. The van der Waals surface area contributed by atoms with E-state index in [1.807, 2.05) is 13.8 Å². The summed E-state index contributed by atoms with van der Waals surface area (Å²) in [5, 5.41) is 29.7. The van der Waals surface area contributed by atoms with Crippen LogP contribution in [-0.2, 0) is 0 Å². The van der Waals surface area contributed by atoms with Crippen molar-refractivity contribution < 1.29 is 14.3 Å². The summed E-state index contributed by atoms with van der Waals surface area (Å²) in [6, 6.07) is 5.99. The van der Waals surface area contributed by atoms with E-state index < -0.39 is 10.8 Å². The molecule has 0 aliphatic rings. The first-order chi connectivity index (χ1) is 13.4. The van der Waals surface area contributed by atoms with Crippen molar-refractivity contribution in [3.63, 3.8) is 0 Å². The third kappa shape index (κ3) is 3.53. The molecule has 0 bridgehead atoms. The summed E-state index contributed by atoms with van der Waals surface area (Å²) >= 11 is 0. The van der Waals surface area contributed by atoms with E-state index in [9.17, 15) is 14.9 Å². The SMILES string of the molecule is CC(C)c1c(C(=O)N/N=C/c2ccccc2[N+](=O)[O-])nnn1-c1nonc1N. The summed E-state index contributed by atoms with van der Waals surface area (Å²) in [7, 11) is 0. The van der Waals surface area contributed by atoms with Gasteiger partial charge in [0.2, 0.25) is 11.6 Å². The fraction of sp³-hybridized carbons (Fsp3) is 0.200. The molecule has 0 radical (unpaired) electrons. The van der Waals surface area contributed by atoms with Crippen molar-refractivity contribution in [3.05, 3.63) is 51.3 Å². The van der Waals surface area contributed by atoms with E-state index in [0.29, 0.717) is 5.69 Å². The first kappa shape index (κ1) is 18.6. The fourth-order valence-electron chi connectivity index (χ4n) is 2.44. The molecule has 13 nitrogen and oxygen atoms in total. The van der Waals surface area contributed by atoms with Gasteiger partial charge in [-0.2, -0.15) is 9.78 Å². The Morgan fingerprint density at radius 2 is 2.14 bits per heavy atom. The van der Waals surface area contributed by atoms with Gasteiger partial charge in [-0.05, 0) is 22.3 Å². The van der Waals surface area contributed by atoms with Crippen LogP contribution < -0.4 is 11.2 Å². The fourth-order valence-corrected chi connectivity index (χ4v) is 2.44. The minimum atomic E-state index is -0.653. The highest BCUT2D eigenvalue weighted by Crippen LogP contribution is 2.22. The number of hydrazone groups is 1. The number of benzene rings is 1. The predicted molar refractivity (Wildman–Crippen MR) is 95.9 cm³/mol. The third-order valence-corrected chi connectivity index (χ3v) is 3.67. The predicted octanol–water partition coefficient (Wildman–Crippen LogP) is 1.03. The van der Waals surface area contributed by atoms with Crippen LogP contribution in [0, 0.1) is 10.1 Å². The number of nitrogen functional groups attached to an aromatic ring is 1. The lowest BCUT2D eigenvalue weighted by molar-refractivity contribution is -0.385. The number of nitro groups is 1. The molecule has 0 aliphatic carbocycles. The average molecular weight is 385 g/mol. The van der Waals surface area contributed by atoms with Crippen LogP contribution in [0.3, 0.4) is 0 Å². The van der Waals surface area contributed by atoms with Crippen LogP contribution in [-0.4, -0.2) is 42.4 Å². The van der Waals surface area contributed by atoms with Crippen molar-refractivity contribution in [3.8, 4) is 5.82 Å². The van der Waals surface area contributed by atoms with Crippen molar-refractivity contribution in [2.24, 2.45) is 5.10 Å². The Bertz CT molecular complexity index is 1050. The minimum absolute atomic E-state index is 0.00267.